The third kappa shape index (κ3) is 4.19. The molecule has 29 heavy (non-hydrogen) atoms. The third-order valence-corrected chi connectivity index (χ3v) is 6.01. The quantitative estimate of drug-likeness (QED) is 0.694. The van der Waals surface area contributed by atoms with E-state index in [0.29, 0.717) is 49.1 Å². The summed E-state index contributed by atoms with van der Waals surface area (Å²) in [6.07, 6.45) is 0.420. The Balaban J connectivity index is 1.36. The number of aromatic nitrogens is 3. The highest BCUT2D eigenvalue weighted by molar-refractivity contribution is 7.09. The SMILES string of the molecule is Cc1csc(CC(=O)N2CCN(C(=O)Cc3n[nH]c(=O)c4ccccc34)CC2)n1. The number of nitrogens with zero attached hydrogens (tertiary/aromatic N) is 4. The molecule has 1 N–H and O–H groups in total. The molecule has 2 aromatic heterocycles. The van der Waals surface area contributed by atoms with E-state index in [9.17, 15) is 14.4 Å². The molecule has 2 amide bonds. The highest BCUT2D eigenvalue weighted by atomic mass is 32.1. The normalized spacial score (nSPS) is 14.4. The van der Waals surface area contributed by atoms with Crippen LogP contribution in [0.5, 0.6) is 0 Å². The Kier molecular flexibility index (Phi) is 5.39. The zero-order valence-electron chi connectivity index (χ0n) is 16.1. The first-order valence-corrected chi connectivity index (χ1v) is 10.3. The highest BCUT2D eigenvalue weighted by Gasteiger charge is 2.25. The summed E-state index contributed by atoms with van der Waals surface area (Å²) in [6, 6.07) is 7.13. The van der Waals surface area contributed by atoms with Crippen molar-refractivity contribution >= 4 is 33.9 Å². The minimum Gasteiger partial charge on any atom is -0.339 e. The summed E-state index contributed by atoms with van der Waals surface area (Å²) in [5.74, 6) is -0.0166. The summed E-state index contributed by atoms with van der Waals surface area (Å²) >= 11 is 1.50. The second-order valence-electron chi connectivity index (χ2n) is 7.04. The van der Waals surface area contributed by atoms with Gasteiger partial charge in [-0.1, -0.05) is 18.2 Å². The second-order valence-corrected chi connectivity index (χ2v) is 7.99. The number of amides is 2. The van der Waals surface area contributed by atoms with E-state index < -0.39 is 0 Å². The van der Waals surface area contributed by atoms with Gasteiger partial charge in [-0.2, -0.15) is 5.10 Å². The Labute approximate surface area is 171 Å². The molecule has 0 atom stereocenters. The fourth-order valence-corrected chi connectivity index (χ4v) is 4.25. The van der Waals surface area contributed by atoms with Crippen LogP contribution in [0.15, 0.2) is 34.4 Å². The number of thiazole rings is 1. The summed E-state index contributed by atoms with van der Waals surface area (Å²) in [5, 5.41) is 10.5. The third-order valence-electron chi connectivity index (χ3n) is 5.05. The topological polar surface area (TPSA) is 99.3 Å². The van der Waals surface area contributed by atoms with Crippen LogP contribution in [0.2, 0.25) is 0 Å². The summed E-state index contributed by atoms with van der Waals surface area (Å²) in [4.78, 5) is 45.0. The Morgan fingerprint density at radius 3 is 2.28 bits per heavy atom. The van der Waals surface area contributed by atoms with Gasteiger partial charge >= 0.3 is 0 Å². The van der Waals surface area contributed by atoms with Gasteiger partial charge in [0.05, 0.1) is 23.9 Å². The van der Waals surface area contributed by atoms with E-state index in [1.165, 1.54) is 11.3 Å². The number of rotatable bonds is 4. The van der Waals surface area contributed by atoms with Crippen LogP contribution in [0.25, 0.3) is 10.8 Å². The Bertz CT molecular complexity index is 1110. The van der Waals surface area contributed by atoms with E-state index in [2.05, 4.69) is 15.2 Å². The number of nitrogens with one attached hydrogen (secondary N) is 1. The van der Waals surface area contributed by atoms with Gasteiger partial charge in [-0.25, -0.2) is 10.1 Å². The van der Waals surface area contributed by atoms with Crippen LogP contribution in [0.1, 0.15) is 16.4 Å². The Hall–Kier alpha value is -3.07. The fraction of sp³-hybridized carbons (Fsp3) is 0.350. The molecule has 0 spiro atoms. The number of carbonyl (C=O) groups excluding carboxylic acids is 2. The summed E-state index contributed by atoms with van der Waals surface area (Å²) in [7, 11) is 0. The maximum absolute atomic E-state index is 12.7. The van der Waals surface area contributed by atoms with Crippen LogP contribution in [0.3, 0.4) is 0 Å². The molecule has 150 valence electrons. The van der Waals surface area contributed by atoms with Gasteiger partial charge in [0, 0.05) is 42.6 Å². The van der Waals surface area contributed by atoms with Crippen LogP contribution in [-0.4, -0.2) is 63.0 Å². The first kappa shape index (κ1) is 19.3. The molecule has 3 aromatic rings. The number of benzene rings is 1. The van der Waals surface area contributed by atoms with Gasteiger partial charge in [0.2, 0.25) is 11.8 Å². The van der Waals surface area contributed by atoms with Crippen molar-refractivity contribution in [1.29, 1.82) is 0 Å². The summed E-state index contributed by atoms with van der Waals surface area (Å²) in [5.41, 5.74) is 1.22. The van der Waals surface area contributed by atoms with Crippen LogP contribution < -0.4 is 5.56 Å². The first-order chi connectivity index (χ1) is 14.0. The maximum Gasteiger partial charge on any atom is 0.272 e. The predicted octanol–water partition coefficient (Wildman–Crippen LogP) is 1.14. The van der Waals surface area contributed by atoms with Crippen molar-refractivity contribution < 1.29 is 9.59 Å². The van der Waals surface area contributed by atoms with E-state index in [1.54, 1.807) is 28.0 Å². The van der Waals surface area contributed by atoms with Gasteiger partial charge in [0.25, 0.3) is 5.56 Å². The average Bonchev–Trinajstić information content (AvgIpc) is 3.15. The second kappa shape index (κ2) is 8.12. The molecular weight excluding hydrogens is 390 g/mol. The minimum absolute atomic E-state index is 0.0414. The predicted molar refractivity (Wildman–Crippen MR) is 110 cm³/mol. The number of hydrogen-bond acceptors (Lipinski definition) is 6. The number of hydrogen-bond donors (Lipinski definition) is 1. The van der Waals surface area contributed by atoms with Crippen LogP contribution in [0.4, 0.5) is 0 Å². The Morgan fingerprint density at radius 2 is 1.66 bits per heavy atom. The molecule has 1 aliphatic heterocycles. The van der Waals surface area contributed by atoms with Crippen molar-refractivity contribution in [3.8, 4) is 0 Å². The van der Waals surface area contributed by atoms with Gasteiger partial charge in [-0.15, -0.1) is 11.3 Å². The van der Waals surface area contributed by atoms with Crippen LogP contribution >= 0.6 is 11.3 Å². The lowest BCUT2D eigenvalue weighted by atomic mass is 10.1. The minimum atomic E-state index is -0.264. The fourth-order valence-electron chi connectivity index (χ4n) is 3.49. The molecule has 0 radical (unpaired) electrons. The molecule has 4 rings (SSSR count). The number of H-pyrrole nitrogens is 1. The van der Waals surface area contributed by atoms with Gasteiger partial charge < -0.3 is 9.80 Å². The largest absolute Gasteiger partial charge is 0.339 e. The maximum atomic E-state index is 12.7. The molecule has 3 heterocycles. The number of carbonyl (C=O) groups is 2. The number of aryl methyl sites for hydroxylation is 1. The number of fused-ring (bicyclic) bond motifs is 1. The van der Waals surface area contributed by atoms with E-state index >= 15 is 0 Å². The lowest BCUT2D eigenvalue weighted by Crippen LogP contribution is -2.51. The molecule has 0 aliphatic carbocycles. The Morgan fingerprint density at radius 1 is 1.03 bits per heavy atom. The molecule has 1 aliphatic rings. The molecule has 1 aromatic carbocycles. The van der Waals surface area contributed by atoms with Crippen molar-refractivity contribution in [2.45, 2.75) is 19.8 Å². The standard InChI is InChI=1S/C20H21N5O3S/c1-13-12-29-17(21-13)11-19(27)25-8-6-24(7-9-25)18(26)10-16-14-4-2-3-5-15(14)20(28)23-22-16/h2-5,12H,6-11H2,1H3,(H,23,28). The molecule has 8 nitrogen and oxygen atoms in total. The number of aromatic amines is 1. The van der Waals surface area contributed by atoms with Crippen LogP contribution in [0, 0.1) is 6.92 Å². The van der Waals surface area contributed by atoms with E-state index in [4.69, 9.17) is 0 Å². The molecule has 0 unspecified atom stereocenters. The van der Waals surface area contributed by atoms with E-state index in [-0.39, 0.29) is 23.8 Å². The summed E-state index contributed by atoms with van der Waals surface area (Å²) < 4.78 is 0. The smallest absolute Gasteiger partial charge is 0.272 e. The van der Waals surface area contributed by atoms with Crippen LogP contribution in [-0.2, 0) is 22.4 Å². The average molecular weight is 411 g/mol. The van der Waals surface area contributed by atoms with Gasteiger partial charge in [0.15, 0.2) is 0 Å². The lowest BCUT2D eigenvalue weighted by Gasteiger charge is -2.34. The monoisotopic (exact) mass is 411 g/mol. The van der Waals surface area contributed by atoms with Gasteiger partial charge in [0.1, 0.15) is 5.01 Å². The molecule has 1 fully saturated rings. The van der Waals surface area contributed by atoms with Gasteiger partial charge in [-0.3, -0.25) is 14.4 Å². The molecule has 0 saturated carbocycles. The first-order valence-electron chi connectivity index (χ1n) is 9.44. The zero-order valence-corrected chi connectivity index (χ0v) is 16.9. The van der Waals surface area contributed by atoms with E-state index in [1.807, 2.05) is 18.4 Å². The van der Waals surface area contributed by atoms with Crippen molar-refractivity contribution in [3.05, 3.63) is 56.4 Å². The molecule has 0 bridgehead atoms. The lowest BCUT2D eigenvalue weighted by molar-refractivity contribution is -0.138. The number of piperazine rings is 1. The molecular formula is C20H21N5O3S. The molecule has 9 heteroatoms. The van der Waals surface area contributed by atoms with E-state index in [0.717, 1.165) is 10.7 Å². The summed E-state index contributed by atoms with van der Waals surface area (Å²) in [6.45, 7) is 3.91. The zero-order chi connectivity index (χ0) is 20.4. The molecule has 1 saturated heterocycles. The van der Waals surface area contributed by atoms with Crippen molar-refractivity contribution in [1.82, 2.24) is 25.0 Å². The van der Waals surface area contributed by atoms with Crippen molar-refractivity contribution in [3.63, 3.8) is 0 Å². The van der Waals surface area contributed by atoms with Gasteiger partial charge in [-0.05, 0) is 13.0 Å². The highest BCUT2D eigenvalue weighted by Crippen LogP contribution is 2.15. The van der Waals surface area contributed by atoms with Crippen molar-refractivity contribution in [2.75, 3.05) is 26.2 Å². The van der Waals surface area contributed by atoms with Crippen molar-refractivity contribution in [2.24, 2.45) is 0 Å².